The van der Waals surface area contributed by atoms with Gasteiger partial charge in [0, 0.05) is 110 Å². The second-order valence-corrected chi connectivity index (χ2v) is 23.0. The Kier molecular flexibility index (Phi) is 36.9. The molecule has 10 amide bonds. The summed E-state index contributed by atoms with van der Waals surface area (Å²) in [6.07, 6.45) is 3.00. The molecule has 0 bridgehead atoms. The fourth-order valence-corrected chi connectivity index (χ4v) is 9.79. The highest BCUT2D eigenvalue weighted by atomic mass is 79.9. The van der Waals surface area contributed by atoms with Gasteiger partial charge in [-0.3, -0.25) is 52.7 Å². The predicted octanol–water partition coefficient (Wildman–Crippen LogP) is -1.62. The number of nitrogens with two attached hydrogens (primary N) is 2. The van der Waals surface area contributed by atoms with Gasteiger partial charge in [0.1, 0.15) is 6.04 Å². The second-order valence-electron chi connectivity index (χ2n) is 22.1. The molecule has 500 valence electrons. The van der Waals surface area contributed by atoms with Crippen molar-refractivity contribution in [3.05, 3.63) is 34.3 Å². The second kappa shape index (κ2) is 43.0. The topological polar surface area (TPSA) is 367 Å². The van der Waals surface area contributed by atoms with Gasteiger partial charge in [0.2, 0.25) is 59.1 Å². The smallest absolute Gasteiger partial charge is 0.328 e. The number of amides is 10. The number of hydrogen-bond donors (Lipinski definition) is 6. The molecule has 0 saturated carbocycles. The minimum atomic E-state index is -1.30. The summed E-state index contributed by atoms with van der Waals surface area (Å²) in [5.74, 6) is -7.60. The third-order valence-corrected chi connectivity index (χ3v) is 15.0. The molecule has 3 rings (SSSR count). The van der Waals surface area contributed by atoms with Crippen LogP contribution in [0.3, 0.4) is 0 Å². The Morgan fingerprint density at radius 2 is 1.18 bits per heavy atom. The Morgan fingerprint density at radius 3 is 1.67 bits per heavy atom. The van der Waals surface area contributed by atoms with Crippen molar-refractivity contribution in [3.63, 3.8) is 0 Å². The molecule has 1 unspecified atom stereocenters. The number of nitrogens with zero attached hydrogens (tertiary/aromatic N) is 8. The summed E-state index contributed by atoms with van der Waals surface area (Å²) in [5.41, 5.74) is 12.2. The van der Waals surface area contributed by atoms with Gasteiger partial charge in [0.25, 0.3) is 0 Å². The Labute approximate surface area is 530 Å². The average molecular weight is 1320 g/mol. The largest absolute Gasteiger partial charge is 0.481 e. The van der Waals surface area contributed by atoms with Crippen LogP contribution >= 0.6 is 15.9 Å². The first-order chi connectivity index (χ1) is 42.5. The average Bonchev–Trinajstić information content (AvgIpc) is 3.70. The Bertz CT molecular complexity index is 2460. The van der Waals surface area contributed by atoms with E-state index in [0.29, 0.717) is 58.3 Å². The zero-order valence-corrected chi connectivity index (χ0v) is 54.0. The van der Waals surface area contributed by atoms with Crippen molar-refractivity contribution in [2.45, 2.75) is 104 Å². The van der Waals surface area contributed by atoms with Crippen LogP contribution < -0.4 is 27.4 Å². The molecule has 0 aliphatic carbocycles. The highest BCUT2D eigenvalue weighted by Crippen LogP contribution is 2.15. The monoisotopic (exact) mass is 1320 g/mol. The quantitative estimate of drug-likeness (QED) is 0.0315. The minimum absolute atomic E-state index is 0.00690. The summed E-state index contributed by atoms with van der Waals surface area (Å²) in [5, 5.41) is 18.1. The van der Waals surface area contributed by atoms with Crippen molar-refractivity contribution in [1.29, 1.82) is 0 Å². The molecule has 29 nitrogen and oxygen atoms in total. The molecular formula is C59H96BrN13O16. The van der Waals surface area contributed by atoms with Gasteiger partial charge in [0.15, 0.2) is 0 Å². The molecule has 0 radical (unpaired) electrons. The van der Waals surface area contributed by atoms with E-state index < -0.39 is 124 Å². The van der Waals surface area contributed by atoms with Crippen LogP contribution in [0.15, 0.2) is 28.7 Å². The molecule has 0 spiro atoms. The molecule has 2 fully saturated rings. The molecule has 30 heteroatoms. The first-order valence-electron chi connectivity index (χ1n) is 30.7. The molecule has 0 aromatic heterocycles. The van der Waals surface area contributed by atoms with Crippen LogP contribution in [0.4, 0.5) is 0 Å². The number of unbranched alkanes of at least 4 members (excludes halogenated alkanes) is 1. The van der Waals surface area contributed by atoms with Gasteiger partial charge in [0.05, 0.1) is 71.5 Å². The maximum Gasteiger partial charge on any atom is 0.328 e. The number of nitrogens with one attached hydrogen (secondary N) is 3. The van der Waals surface area contributed by atoms with Crippen molar-refractivity contribution >= 4 is 86.9 Å². The third-order valence-electron chi connectivity index (χ3n) is 14.5. The highest BCUT2D eigenvalue weighted by molar-refractivity contribution is 9.10. The molecule has 89 heavy (non-hydrogen) atoms. The zero-order chi connectivity index (χ0) is 65.7. The van der Waals surface area contributed by atoms with E-state index in [4.69, 9.17) is 25.7 Å². The number of methoxy groups -OCH3 is 1. The van der Waals surface area contributed by atoms with Gasteiger partial charge in [-0.05, 0) is 103 Å². The molecule has 1 aromatic carbocycles. The number of aliphatic carboxylic acids is 1. The Hall–Kier alpha value is -6.86. The molecule has 2 aliphatic heterocycles. The van der Waals surface area contributed by atoms with E-state index >= 15 is 0 Å². The summed E-state index contributed by atoms with van der Waals surface area (Å²) in [6.45, 7) is 2.42. The molecule has 1 atom stereocenters. The summed E-state index contributed by atoms with van der Waals surface area (Å²) < 4.78 is 16.9. The SMILES string of the molecule is COCCCN(CC(=O)N(CCc1ccc(Br)cc1)CC(=O)N(CCCCN)CC(=O)NC1CCOC1=O)C(=O)CN(CCCOC(C)C)C(=O)CN(CCC(=O)O)C(=O)CN(CCCN1CCCC1=O)C(=O)CN(CCNC(C)=O)C(=O)CNCCCN. The normalized spacial score (nSPS) is 13.6. The lowest BCUT2D eigenvalue weighted by atomic mass is 10.1. The number of hydrogen-bond acceptors (Lipinski definition) is 18. The summed E-state index contributed by atoms with van der Waals surface area (Å²) >= 11 is 3.44. The number of ether oxygens (including phenoxy) is 3. The van der Waals surface area contributed by atoms with Gasteiger partial charge < -0.3 is 85.9 Å². The summed E-state index contributed by atoms with van der Waals surface area (Å²) in [6, 6.07) is 6.48. The van der Waals surface area contributed by atoms with Gasteiger partial charge in [-0.25, -0.2) is 4.79 Å². The third kappa shape index (κ3) is 30.9. The van der Waals surface area contributed by atoms with Crippen LogP contribution in [-0.4, -0.2) is 292 Å². The number of carbonyl (C=O) groups excluding carboxylic acids is 11. The van der Waals surface area contributed by atoms with Crippen LogP contribution in [0, 0.1) is 0 Å². The van der Waals surface area contributed by atoms with Crippen LogP contribution in [0.2, 0.25) is 0 Å². The molecule has 1 aromatic rings. The standard InChI is InChI=1S/C59H96BrN13O16/c1-44(2)88-34-11-29-70(54(80)42-72(31-18-58(84)85)57(83)39-68(27-9-26-66-25-7-12-50(66)76)55(81)43-73(32-23-64-45(3)74)51(77)36-63-22-8-21-62)38-53(79)69(28-10-33-87-4)40-56(82)71(30-17-46-13-15-47(60)16-14-46)41-52(78)67(24-6-5-20-61)37-49(75)65-48-19-35-89-59(48)86/h13-16,44,48,63H,5-12,17-43,61-62H2,1-4H3,(H,64,74)(H,65,75)(H,84,85). The first kappa shape index (κ1) is 76.4. The van der Waals surface area contributed by atoms with Crippen molar-refractivity contribution in [1.82, 2.24) is 55.1 Å². The molecule has 8 N–H and O–H groups in total. The van der Waals surface area contributed by atoms with Gasteiger partial charge >= 0.3 is 11.9 Å². The lowest BCUT2D eigenvalue weighted by Gasteiger charge is -2.32. The number of benzene rings is 1. The molecular weight excluding hydrogens is 1230 g/mol. The van der Waals surface area contributed by atoms with Crippen LogP contribution in [-0.2, 0) is 78.2 Å². The number of carboxylic acids is 1. The number of halogens is 1. The van der Waals surface area contributed by atoms with E-state index in [-0.39, 0.29) is 129 Å². The Morgan fingerprint density at radius 1 is 0.663 bits per heavy atom. The maximum atomic E-state index is 14.8. The summed E-state index contributed by atoms with van der Waals surface area (Å²) in [7, 11) is 1.46. The number of likely N-dealkylation sites (tertiary alicyclic amines) is 1. The van der Waals surface area contributed by atoms with Crippen LogP contribution in [0.25, 0.3) is 0 Å². The van der Waals surface area contributed by atoms with Gasteiger partial charge in [-0.15, -0.1) is 0 Å². The lowest BCUT2D eigenvalue weighted by Crippen LogP contribution is -2.53. The van der Waals surface area contributed by atoms with Gasteiger partial charge in [-0.1, -0.05) is 28.1 Å². The fourth-order valence-electron chi connectivity index (χ4n) is 9.52. The Balaban J connectivity index is 1.99. The maximum absolute atomic E-state index is 14.8. The number of carboxylic acid groups (broad SMARTS) is 1. The van der Waals surface area contributed by atoms with E-state index in [1.807, 2.05) is 38.1 Å². The van der Waals surface area contributed by atoms with Crippen molar-refractivity contribution in [3.8, 4) is 0 Å². The zero-order valence-electron chi connectivity index (χ0n) is 52.4. The van der Waals surface area contributed by atoms with E-state index in [2.05, 4.69) is 31.9 Å². The molecule has 2 saturated heterocycles. The van der Waals surface area contributed by atoms with E-state index in [1.165, 1.54) is 43.4 Å². The molecule has 2 aliphatic rings. The van der Waals surface area contributed by atoms with E-state index in [1.54, 1.807) is 4.90 Å². The summed E-state index contributed by atoms with van der Waals surface area (Å²) in [4.78, 5) is 173. The number of cyclic esters (lactones) is 1. The van der Waals surface area contributed by atoms with Crippen LogP contribution in [0.1, 0.15) is 90.5 Å². The fraction of sp³-hybridized carbons (Fsp3) is 0.695. The predicted molar refractivity (Wildman–Crippen MR) is 330 cm³/mol. The highest BCUT2D eigenvalue weighted by Gasteiger charge is 2.33. The van der Waals surface area contributed by atoms with Crippen molar-refractivity contribution < 1.29 is 76.9 Å². The first-order valence-corrected chi connectivity index (χ1v) is 31.4. The number of carbonyl (C=O) groups is 12. The van der Waals surface area contributed by atoms with E-state index in [9.17, 15) is 62.6 Å². The van der Waals surface area contributed by atoms with Crippen LogP contribution in [0.5, 0.6) is 0 Å². The molecule has 2 heterocycles. The lowest BCUT2D eigenvalue weighted by molar-refractivity contribution is -0.149. The number of rotatable bonds is 46. The van der Waals surface area contributed by atoms with Crippen molar-refractivity contribution in [2.24, 2.45) is 11.5 Å². The minimum Gasteiger partial charge on any atom is -0.481 e. The number of esters is 1. The van der Waals surface area contributed by atoms with Gasteiger partial charge in [-0.2, -0.15) is 0 Å². The van der Waals surface area contributed by atoms with Crippen molar-refractivity contribution in [2.75, 3.05) is 164 Å². The van der Waals surface area contributed by atoms with E-state index in [0.717, 1.165) is 14.9 Å².